The first-order valence-corrected chi connectivity index (χ1v) is 7.59. The number of nitro benzene ring substituents is 1. The molecule has 2 rings (SSSR count). The Morgan fingerprint density at radius 3 is 2.75 bits per heavy atom. The molecule has 0 saturated carbocycles. The van der Waals surface area contributed by atoms with Gasteiger partial charge in [-0.3, -0.25) is 10.1 Å². The van der Waals surface area contributed by atoms with Crippen molar-refractivity contribution >= 4 is 29.0 Å². The molecule has 0 aliphatic rings. The average molecular weight is 353 g/mol. The summed E-state index contributed by atoms with van der Waals surface area (Å²) in [7, 11) is 0. The minimum atomic E-state index is -0.556. The smallest absolute Gasteiger partial charge is 0.319 e. The quantitative estimate of drug-likeness (QED) is 0.630. The van der Waals surface area contributed by atoms with Gasteiger partial charge in [-0.1, -0.05) is 16.8 Å². The number of hydrogen-bond acceptors (Lipinski definition) is 5. The van der Waals surface area contributed by atoms with Gasteiger partial charge in [-0.05, 0) is 33.3 Å². The predicted octanol–water partition coefficient (Wildman–Crippen LogP) is 3.61. The lowest BCUT2D eigenvalue weighted by molar-refractivity contribution is -0.384. The Kier molecular flexibility index (Phi) is 5.40. The molecule has 0 aliphatic carbocycles. The Hall–Kier alpha value is -2.61. The first kappa shape index (κ1) is 17.7. The maximum atomic E-state index is 12.1. The summed E-state index contributed by atoms with van der Waals surface area (Å²) >= 11 is 5.95. The molecule has 0 spiro atoms. The fourth-order valence-electron chi connectivity index (χ4n) is 2.26. The van der Waals surface area contributed by atoms with Crippen molar-refractivity contribution in [3.05, 3.63) is 50.4 Å². The third-order valence-electron chi connectivity index (χ3n) is 3.48. The molecule has 1 heterocycles. The van der Waals surface area contributed by atoms with E-state index < -0.39 is 11.0 Å². The van der Waals surface area contributed by atoms with Crippen molar-refractivity contribution in [1.29, 1.82) is 0 Å². The molecular formula is C15H17ClN4O4. The number of aromatic nitrogens is 1. The van der Waals surface area contributed by atoms with E-state index in [4.69, 9.17) is 16.1 Å². The van der Waals surface area contributed by atoms with Gasteiger partial charge in [0.05, 0.1) is 21.3 Å². The van der Waals surface area contributed by atoms with E-state index in [1.807, 2.05) is 20.8 Å². The highest BCUT2D eigenvalue weighted by molar-refractivity contribution is 6.33. The number of aryl methyl sites for hydroxylation is 2. The van der Waals surface area contributed by atoms with Gasteiger partial charge in [0, 0.05) is 23.7 Å². The minimum Gasteiger partial charge on any atom is -0.361 e. The Balaban J connectivity index is 2.00. The number of nitro groups is 1. The summed E-state index contributed by atoms with van der Waals surface area (Å²) in [5.74, 6) is 0.711. The second-order valence-electron chi connectivity index (χ2n) is 5.43. The summed E-state index contributed by atoms with van der Waals surface area (Å²) in [5, 5.41) is 20.1. The maximum absolute atomic E-state index is 12.1. The number of urea groups is 1. The van der Waals surface area contributed by atoms with Crippen LogP contribution in [-0.4, -0.2) is 22.2 Å². The van der Waals surface area contributed by atoms with Crippen LogP contribution in [0.5, 0.6) is 0 Å². The molecule has 9 heteroatoms. The number of carbonyl (C=O) groups excluding carboxylic acids is 1. The lowest BCUT2D eigenvalue weighted by atomic mass is 10.1. The number of nitrogens with one attached hydrogen (secondary N) is 2. The van der Waals surface area contributed by atoms with Gasteiger partial charge in [-0.2, -0.15) is 0 Å². The molecule has 1 unspecified atom stereocenters. The van der Waals surface area contributed by atoms with Gasteiger partial charge in [0.2, 0.25) is 0 Å². The maximum Gasteiger partial charge on any atom is 0.319 e. The lowest BCUT2D eigenvalue weighted by Gasteiger charge is -2.15. The van der Waals surface area contributed by atoms with E-state index in [-0.39, 0.29) is 22.4 Å². The van der Waals surface area contributed by atoms with Crippen molar-refractivity contribution in [3.63, 3.8) is 0 Å². The number of amides is 2. The normalized spacial score (nSPS) is 11.8. The zero-order valence-corrected chi connectivity index (χ0v) is 14.2. The molecule has 24 heavy (non-hydrogen) atoms. The van der Waals surface area contributed by atoms with Crippen LogP contribution in [0.15, 0.2) is 22.7 Å². The molecule has 2 aromatic rings. The van der Waals surface area contributed by atoms with Gasteiger partial charge in [0.25, 0.3) is 5.69 Å². The Bertz CT molecular complexity index is 755. The van der Waals surface area contributed by atoms with Crippen LogP contribution in [-0.2, 0) is 6.42 Å². The number of halogens is 1. The van der Waals surface area contributed by atoms with E-state index in [0.29, 0.717) is 12.2 Å². The largest absolute Gasteiger partial charge is 0.361 e. The Morgan fingerprint density at radius 2 is 2.17 bits per heavy atom. The molecule has 1 aromatic heterocycles. The monoisotopic (exact) mass is 352 g/mol. The summed E-state index contributed by atoms with van der Waals surface area (Å²) in [6.07, 6.45) is 0.553. The average Bonchev–Trinajstić information content (AvgIpc) is 2.81. The van der Waals surface area contributed by atoms with Crippen molar-refractivity contribution in [3.8, 4) is 0 Å². The van der Waals surface area contributed by atoms with Crippen LogP contribution in [0.4, 0.5) is 16.2 Å². The van der Waals surface area contributed by atoms with Crippen LogP contribution in [0, 0.1) is 24.0 Å². The molecule has 1 atom stereocenters. The molecule has 0 aliphatic heterocycles. The van der Waals surface area contributed by atoms with Crippen LogP contribution < -0.4 is 10.6 Å². The number of carbonyl (C=O) groups is 1. The lowest BCUT2D eigenvalue weighted by Crippen LogP contribution is -2.37. The molecule has 2 amide bonds. The molecule has 0 radical (unpaired) electrons. The molecule has 8 nitrogen and oxygen atoms in total. The third kappa shape index (κ3) is 4.23. The molecule has 2 N–H and O–H groups in total. The minimum absolute atomic E-state index is 0.154. The van der Waals surface area contributed by atoms with E-state index >= 15 is 0 Å². The first-order valence-electron chi connectivity index (χ1n) is 7.21. The van der Waals surface area contributed by atoms with Crippen LogP contribution in [0.1, 0.15) is 23.9 Å². The van der Waals surface area contributed by atoms with Crippen molar-refractivity contribution in [2.75, 3.05) is 5.32 Å². The van der Waals surface area contributed by atoms with Crippen LogP contribution in [0.25, 0.3) is 0 Å². The van der Waals surface area contributed by atoms with Crippen LogP contribution >= 0.6 is 11.6 Å². The van der Waals surface area contributed by atoms with Crippen molar-refractivity contribution in [1.82, 2.24) is 10.5 Å². The number of benzene rings is 1. The molecule has 0 bridgehead atoms. The fraction of sp³-hybridized carbons (Fsp3) is 0.333. The first-order chi connectivity index (χ1) is 11.3. The topological polar surface area (TPSA) is 110 Å². The summed E-state index contributed by atoms with van der Waals surface area (Å²) in [6, 6.07) is 3.14. The number of hydrogen-bond donors (Lipinski definition) is 2. The van der Waals surface area contributed by atoms with E-state index in [9.17, 15) is 14.9 Å². The molecular weight excluding hydrogens is 336 g/mol. The van der Waals surface area contributed by atoms with Crippen LogP contribution in [0.3, 0.4) is 0 Å². The summed E-state index contributed by atoms with van der Waals surface area (Å²) in [6.45, 7) is 5.48. The highest BCUT2D eigenvalue weighted by Gasteiger charge is 2.16. The van der Waals surface area contributed by atoms with Gasteiger partial charge >= 0.3 is 6.03 Å². The van der Waals surface area contributed by atoms with Gasteiger partial charge in [0.15, 0.2) is 0 Å². The standard InChI is InChI=1S/C15H17ClN4O4/c1-8(6-12-9(2)19-24-10(12)3)17-15(21)18-14-7-11(20(22)23)4-5-13(14)16/h4-5,7-8H,6H2,1-3H3,(H2,17,18,21). The van der Waals surface area contributed by atoms with E-state index in [0.717, 1.165) is 11.3 Å². The SMILES string of the molecule is Cc1noc(C)c1CC(C)NC(=O)Nc1cc([N+](=O)[O-])ccc1Cl. The second-order valence-corrected chi connectivity index (χ2v) is 5.83. The predicted molar refractivity (Wildman–Crippen MR) is 89.4 cm³/mol. The summed E-state index contributed by atoms with van der Waals surface area (Å²) < 4.78 is 5.09. The number of non-ortho nitro benzene ring substituents is 1. The number of rotatable bonds is 5. The van der Waals surface area contributed by atoms with E-state index in [1.165, 1.54) is 18.2 Å². The van der Waals surface area contributed by atoms with Crippen molar-refractivity contribution in [2.24, 2.45) is 0 Å². The van der Waals surface area contributed by atoms with Gasteiger partial charge in [0.1, 0.15) is 5.76 Å². The molecule has 0 fully saturated rings. The fourth-order valence-corrected chi connectivity index (χ4v) is 2.42. The zero-order chi connectivity index (χ0) is 17.9. The van der Waals surface area contributed by atoms with Crippen molar-refractivity contribution in [2.45, 2.75) is 33.2 Å². The van der Waals surface area contributed by atoms with Gasteiger partial charge in [-0.15, -0.1) is 0 Å². The second kappa shape index (κ2) is 7.31. The highest BCUT2D eigenvalue weighted by Crippen LogP contribution is 2.26. The molecule has 0 saturated heterocycles. The van der Waals surface area contributed by atoms with Gasteiger partial charge in [-0.25, -0.2) is 4.79 Å². The summed E-state index contributed by atoms with van der Waals surface area (Å²) in [5.41, 5.74) is 1.74. The van der Waals surface area contributed by atoms with Crippen LogP contribution in [0.2, 0.25) is 5.02 Å². The van der Waals surface area contributed by atoms with Crippen molar-refractivity contribution < 1.29 is 14.2 Å². The highest BCUT2D eigenvalue weighted by atomic mass is 35.5. The third-order valence-corrected chi connectivity index (χ3v) is 3.81. The van der Waals surface area contributed by atoms with E-state index in [2.05, 4.69) is 15.8 Å². The Morgan fingerprint density at radius 1 is 1.46 bits per heavy atom. The number of anilines is 1. The molecule has 128 valence electrons. The van der Waals surface area contributed by atoms with Gasteiger partial charge < -0.3 is 15.2 Å². The van der Waals surface area contributed by atoms with E-state index in [1.54, 1.807) is 0 Å². The molecule has 1 aromatic carbocycles. The zero-order valence-electron chi connectivity index (χ0n) is 13.4. The Labute approximate surface area is 143 Å². The number of nitrogens with zero attached hydrogens (tertiary/aromatic N) is 2. The summed E-state index contributed by atoms with van der Waals surface area (Å²) in [4.78, 5) is 22.3.